The van der Waals surface area contributed by atoms with E-state index in [1.165, 1.54) is 0 Å². The van der Waals surface area contributed by atoms with Gasteiger partial charge in [-0.25, -0.2) is 9.97 Å². The maximum atomic E-state index is 5.58. The number of aromatic nitrogens is 5. The zero-order valence-corrected chi connectivity index (χ0v) is 17.9. The molecule has 1 aliphatic rings. The van der Waals surface area contributed by atoms with Gasteiger partial charge in [-0.1, -0.05) is 19.9 Å². The summed E-state index contributed by atoms with van der Waals surface area (Å²) in [4.78, 5) is 16.5. The van der Waals surface area contributed by atoms with Crippen LogP contribution in [-0.2, 0) is 11.3 Å². The summed E-state index contributed by atoms with van der Waals surface area (Å²) >= 11 is 0. The third-order valence-corrected chi connectivity index (χ3v) is 5.11. The number of ether oxygens (including phenoxy) is 1. The van der Waals surface area contributed by atoms with Crippen LogP contribution in [0.5, 0.6) is 0 Å². The zero-order valence-electron chi connectivity index (χ0n) is 17.9. The van der Waals surface area contributed by atoms with E-state index in [0.717, 1.165) is 60.5 Å². The second kappa shape index (κ2) is 9.36. The highest BCUT2D eigenvalue weighted by Crippen LogP contribution is 2.31. The van der Waals surface area contributed by atoms with Gasteiger partial charge < -0.3 is 20.3 Å². The van der Waals surface area contributed by atoms with E-state index in [0.29, 0.717) is 19.8 Å². The minimum absolute atomic E-state index is 0.245. The molecule has 9 heteroatoms. The number of pyridine rings is 1. The molecule has 0 radical (unpaired) electrons. The van der Waals surface area contributed by atoms with E-state index in [9.17, 15) is 0 Å². The molecule has 3 aromatic heterocycles. The van der Waals surface area contributed by atoms with Crippen molar-refractivity contribution in [2.45, 2.75) is 33.2 Å². The summed E-state index contributed by atoms with van der Waals surface area (Å²) in [6.07, 6.45) is 1.77. The topological polar surface area (TPSA) is 93.0 Å². The largest absolute Gasteiger partial charge is 0.380 e. The fourth-order valence-corrected chi connectivity index (χ4v) is 3.59. The SMILES string of the molecule is CCOCCn1nc(C(C)C)c2nc(N3CCNCC3)nc(Nc3ccccn3)c21. The molecule has 30 heavy (non-hydrogen) atoms. The van der Waals surface area contributed by atoms with E-state index in [2.05, 4.69) is 34.4 Å². The number of nitrogens with zero attached hydrogens (tertiary/aromatic N) is 6. The molecule has 160 valence electrons. The molecule has 0 saturated carbocycles. The molecule has 0 bridgehead atoms. The van der Waals surface area contributed by atoms with E-state index < -0.39 is 0 Å². The molecule has 0 spiro atoms. The highest BCUT2D eigenvalue weighted by atomic mass is 16.5. The summed E-state index contributed by atoms with van der Waals surface area (Å²) < 4.78 is 7.55. The first-order valence-corrected chi connectivity index (χ1v) is 10.7. The number of fused-ring (bicyclic) bond motifs is 1. The molecule has 0 atom stereocenters. The van der Waals surface area contributed by atoms with E-state index in [1.807, 2.05) is 29.8 Å². The van der Waals surface area contributed by atoms with Gasteiger partial charge >= 0.3 is 0 Å². The molecule has 0 aromatic carbocycles. The molecule has 1 aliphatic heterocycles. The van der Waals surface area contributed by atoms with E-state index in [1.54, 1.807) is 6.20 Å². The Labute approximate surface area is 176 Å². The van der Waals surface area contributed by atoms with Crippen LogP contribution in [0, 0.1) is 0 Å². The van der Waals surface area contributed by atoms with Gasteiger partial charge in [0.05, 0.1) is 18.8 Å². The Morgan fingerprint density at radius 1 is 1.20 bits per heavy atom. The Balaban J connectivity index is 1.84. The fourth-order valence-electron chi connectivity index (χ4n) is 3.59. The summed E-state index contributed by atoms with van der Waals surface area (Å²) in [6, 6.07) is 5.79. The minimum atomic E-state index is 0.245. The second-order valence-corrected chi connectivity index (χ2v) is 7.61. The molecule has 1 saturated heterocycles. The average Bonchev–Trinajstić information content (AvgIpc) is 3.14. The molecule has 4 rings (SSSR count). The van der Waals surface area contributed by atoms with Crippen LogP contribution in [0.1, 0.15) is 32.4 Å². The lowest BCUT2D eigenvalue weighted by molar-refractivity contribution is 0.137. The molecular formula is C21H30N8O. The molecule has 0 amide bonds. The zero-order chi connectivity index (χ0) is 20.9. The Morgan fingerprint density at radius 2 is 2.03 bits per heavy atom. The van der Waals surface area contributed by atoms with Crippen molar-refractivity contribution in [3.05, 3.63) is 30.1 Å². The summed E-state index contributed by atoms with van der Waals surface area (Å²) in [6.45, 7) is 11.8. The van der Waals surface area contributed by atoms with Crippen molar-refractivity contribution < 1.29 is 4.74 Å². The first-order chi connectivity index (χ1) is 14.7. The number of anilines is 3. The van der Waals surface area contributed by atoms with Crippen LogP contribution in [0.15, 0.2) is 24.4 Å². The first-order valence-electron chi connectivity index (χ1n) is 10.7. The van der Waals surface area contributed by atoms with Gasteiger partial charge in [-0.3, -0.25) is 4.68 Å². The smallest absolute Gasteiger partial charge is 0.228 e. The highest BCUT2D eigenvalue weighted by molar-refractivity contribution is 5.90. The summed E-state index contributed by atoms with van der Waals surface area (Å²) in [7, 11) is 0. The summed E-state index contributed by atoms with van der Waals surface area (Å²) in [5, 5.41) is 11.7. The number of rotatable bonds is 8. The van der Waals surface area contributed by atoms with Crippen LogP contribution in [-0.4, -0.2) is 64.1 Å². The molecule has 9 nitrogen and oxygen atoms in total. The quantitative estimate of drug-likeness (QED) is 0.547. The van der Waals surface area contributed by atoms with E-state index in [-0.39, 0.29) is 5.92 Å². The van der Waals surface area contributed by atoms with Crippen LogP contribution < -0.4 is 15.5 Å². The third kappa shape index (κ3) is 4.36. The van der Waals surface area contributed by atoms with E-state index >= 15 is 0 Å². The molecule has 2 N–H and O–H groups in total. The fraction of sp³-hybridized carbons (Fsp3) is 0.524. The summed E-state index contributed by atoms with van der Waals surface area (Å²) in [5.74, 6) is 2.44. The lowest BCUT2D eigenvalue weighted by Gasteiger charge is -2.27. The lowest BCUT2D eigenvalue weighted by Crippen LogP contribution is -2.44. The van der Waals surface area contributed by atoms with Gasteiger partial charge in [-0.2, -0.15) is 10.1 Å². The van der Waals surface area contributed by atoms with Crippen LogP contribution in [0.2, 0.25) is 0 Å². The lowest BCUT2D eigenvalue weighted by atomic mass is 10.1. The van der Waals surface area contributed by atoms with Crippen molar-refractivity contribution in [1.82, 2.24) is 30.0 Å². The van der Waals surface area contributed by atoms with E-state index in [4.69, 9.17) is 19.8 Å². The van der Waals surface area contributed by atoms with Gasteiger partial charge in [-0.05, 0) is 25.0 Å². The normalized spacial score (nSPS) is 14.6. The van der Waals surface area contributed by atoms with Crippen LogP contribution in [0.25, 0.3) is 11.0 Å². The Hall–Kier alpha value is -2.78. The van der Waals surface area contributed by atoms with Gasteiger partial charge in [-0.15, -0.1) is 0 Å². The number of nitrogens with one attached hydrogen (secondary N) is 2. The molecular weight excluding hydrogens is 380 g/mol. The van der Waals surface area contributed by atoms with Gasteiger partial charge in [0.15, 0.2) is 5.82 Å². The standard InChI is InChI=1S/C21H30N8O/c1-4-30-14-13-29-19-18(17(27-29)15(2)3)25-21(28-11-9-22-10-12-28)26-20(19)24-16-7-5-6-8-23-16/h5-8,15,22H,4,9-14H2,1-3H3,(H,23,24,25,26). The van der Waals surface area contributed by atoms with Gasteiger partial charge in [0.2, 0.25) is 5.95 Å². The predicted octanol–water partition coefficient (Wildman–Crippen LogP) is 2.53. The van der Waals surface area contributed by atoms with Crippen LogP contribution >= 0.6 is 0 Å². The number of piperazine rings is 1. The summed E-state index contributed by atoms with van der Waals surface area (Å²) in [5.41, 5.74) is 2.76. The highest BCUT2D eigenvalue weighted by Gasteiger charge is 2.23. The van der Waals surface area contributed by atoms with Crippen molar-refractivity contribution in [3.8, 4) is 0 Å². The predicted molar refractivity (Wildman–Crippen MR) is 119 cm³/mol. The molecule has 4 heterocycles. The Bertz CT molecular complexity index is 966. The Kier molecular flexibility index (Phi) is 6.39. The molecule has 3 aromatic rings. The van der Waals surface area contributed by atoms with Crippen LogP contribution in [0.3, 0.4) is 0 Å². The minimum Gasteiger partial charge on any atom is -0.380 e. The second-order valence-electron chi connectivity index (χ2n) is 7.61. The number of hydrogen-bond donors (Lipinski definition) is 2. The third-order valence-electron chi connectivity index (χ3n) is 5.11. The van der Waals surface area contributed by atoms with Gasteiger partial charge in [0.1, 0.15) is 16.9 Å². The van der Waals surface area contributed by atoms with Crippen molar-refractivity contribution in [3.63, 3.8) is 0 Å². The van der Waals surface area contributed by atoms with Crippen molar-refractivity contribution in [2.24, 2.45) is 0 Å². The maximum Gasteiger partial charge on any atom is 0.228 e. The van der Waals surface area contributed by atoms with Crippen molar-refractivity contribution in [1.29, 1.82) is 0 Å². The van der Waals surface area contributed by atoms with Gasteiger partial charge in [0, 0.05) is 39.0 Å². The molecule has 1 fully saturated rings. The molecule has 0 aliphatic carbocycles. The average molecular weight is 411 g/mol. The van der Waals surface area contributed by atoms with Crippen molar-refractivity contribution >= 4 is 28.6 Å². The van der Waals surface area contributed by atoms with Crippen molar-refractivity contribution in [2.75, 3.05) is 49.6 Å². The first kappa shape index (κ1) is 20.5. The van der Waals surface area contributed by atoms with Gasteiger partial charge in [0.25, 0.3) is 0 Å². The maximum absolute atomic E-state index is 5.58. The molecule has 0 unspecified atom stereocenters. The van der Waals surface area contributed by atoms with Crippen LogP contribution in [0.4, 0.5) is 17.6 Å². The Morgan fingerprint density at radius 3 is 2.73 bits per heavy atom. The number of hydrogen-bond acceptors (Lipinski definition) is 8. The monoisotopic (exact) mass is 410 g/mol.